The number of phenolic OH excluding ortho intramolecular Hbond substituents is 1. The Labute approximate surface area is 102 Å². The van der Waals surface area contributed by atoms with Gasteiger partial charge in [0.2, 0.25) is 0 Å². The molecular formula is C10H11F3O4S. The molecule has 0 aliphatic heterocycles. The summed E-state index contributed by atoms with van der Waals surface area (Å²) in [6.45, 7) is 1.35. The second kappa shape index (κ2) is 5.15. The van der Waals surface area contributed by atoms with Gasteiger partial charge in [-0.25, -0.2) is 0 Å². The molecule has 0 saturated carbocycles. The van der Waals surface area contributed by atoms with Crippen LogP contribution in [-0.2, 0) is 20.5 Å². The predicted molar refractivity (Wildman–Crippen MR) is 56.5 cm³/mol. The molecule has 1 aromatic carbocycles. The molecule has 0 bridgehead atoms. The molecule has 1 rings (SSSR count). The third kappa shape index (κ3) is 3.14. The van der Waals surface area contributed by atoms with Gasteiger partial charge in [0.15, 0.2) is 0 Å². The van der Waals surface area contributed by atoms with Crippen molar-refractivity contribution in [1.82, 2.24) is 0 Å². The van der Waals surface area contributed by atoms with Gasteiger partial charge in [-0.1, -0.05) is 13.0 Å². The Bertz CT molecular complexity index is 522. The molecule has 18 heavy (non-hydrogen) atoms. The second-order valence-electron chi connectivity index (χ2n) is 3.43. The molecule has 8 heteroatoms. The van der Waals surface area contributed by atoms with Gasteiger partial charge in [0, 0.05) is 0 Å². The quantitative estimate of drug-likeness (QED) is 0.863. The highest BCUT2D eigenvalue weighted by molar-refractivity contribution is 7.87. The third-order valence-corrected chi connectivity index (χ3v) is 3.40. The molecule has 0 aromatic heterocycles. The van der Waals surface area contributed by atoms with Gasteiger partial charge >= 0.3 is 16.3 Å². The summed E-state index contributed by atoms with van der Waals surface area (Å²) in [4.78, 5) is -1.24. The van der Waals surface area contributed by atoms with Gasteiger partial charge in [-0.05, 0) is 18.6 Å². The molecule has 0 heterocycles. The largest absolute Gasteiger partial charge is 0.506 e. The van der Waals surface area contributed by atoms with Crippen LogP contribution in [0.1, 0.15) is 18.9 Å². The molecule has 4 nitrogen and oxygen atoms in total. The van der Waals surface area contributed by atoms with Crippen LogP contribution in [0.4, 0.5) is 13.2 Å². The average Bonchev–Trinajstić information content (AvgIpc) is 2.24. The van der Waals surface area contributed by atoms with Crippen LogP contribution in [0.3, 0.4) is 0 Å². The maximum absolute atomic E-state index is 12.6. The standard InChI is InChI=1S/C10H11F3O4S/c1-2-6-17-18(15,16)9-7(10(11,12)13)4-3-5-8(9)14/h3-5,14H,2,6H2,1H3. The zero-order valence-corrected chi connectivity index (χ0v) is 10.2. The van der Waals surface area contributed by atoms with Crippen LogP contribution in [0, 0.1) is 0 Å². The van der Waals surface area contributed by atoms with Crippen molar-refractivity contribution in [3.05, 3.63) is 23.8 Å². The summed E-state index contributed by atoms with van der Waals surface area (Å²) in [6.07, 6.45) is -4.58. The summed E-state index contributed by atoms with van der Waals surface area (Å²) >= 11 is 0. The van der Waals surface area contributed by atoms with E-state index in [2.05, 4.69) is 4.18 Å². The monoisotopic (exact) mass is 284 g/mol. The third-order valence-electron chi connectivity index (χ3n) is 1.99. The SMILES string of the molecule is CCCOS(=O)(=O)c1c(O)cccc1C(F)(F)F. The van der Waals surface area contributed by atoms with E-state index in [1.165, 1.54) is 0 Å². The van der Waals surface area contributed by atoms with Gasteiger partial charge in [0.1, 0.15) is 10.6 Å². The molecule has 0 fully saturated rings. The van der Waals surface area contributed by atoms with Crippen LogP contribution in [-0.4, -0.2) is 20.1 Å². The molecule has 0 amide bonds. The van der Waals surface area contributed by atoms with Crippen LogP contribution in [0.15, 0.2) is 23.1 Å². The summed E-state index contributed by atoms with van der Waals surface area (Å²) in [6, 6.07) is 2.34. The van der Waals surface area contributed by atoms with Crippen LogP contribution < -0.4 is 0 Å². The van der Waals surface area contributed by atoms with Crippen molar-refractivity contribution in [1.29, 1.82) is 0 Å². The summed E-state index contributed by atoms with van der Waals surface area (Å²) in [5.41, 5.74) is -1.45. The predicted octanol–water partition coefficient (Wildman–Crippen LogP) is 2.53. The van der Waals surface area contributed by atoms with E-state index in [4.69, 9.17) is 0 Å². The number of alkyl halides is 3. The van der Waals surface area contributed by atoms with E-state index >= 15 is 0 Å². The van der Waals surface area contributed by atoms with E-state index in [1.807, 2.05) is 0 Å². The van der Waals surface area contributed by atoms with Gasteiger partial charge in [-0.3, -0.25) is 4.18 Å². The Kier molecular flexibility index (Phi) is 4.23. The Hall–Kier alpha value is -1.28. The Morgan fingerprint density at radius 2 is 1.94 bits per heavy atom. The zero-order valence-electron chi connectivity index (χ0n) is 9.36. The molecule has 0 spiro atoms. The van der Waals surface area contributed by atoms with E-state index in [0.717, 1.165) is 12.1 Å². The van der Waals surface area contributed by atoms with Crippen molar-refractivity contribution in [2.75, 3.05) is 6.61 Å². The number of benzene rings is 1. The highest BCUT2D eigenvalue weighted by Gasteiger charge is 2.39. The topological polar surface area (TPSA) is 63.6 Å². The fourth-order valence-electron chi connectivity index (χ4n) is 1.26. The van der Waals surface area contributed by atoms with Gasteiger partial charge in [-0.15, -0.1) is 0 Å². The van der Waals surface area contributed by atoms with E-state index in [1.54, 1.807) is 6.92 Å². The minimum Gasteiger partial charge on any atom is -0.506 e. The number of phenols is 1. The first-order valence-electron chi connectivity index (χ1n) is 4.98. The van der Waals surface area contributed by atoms with Crippen molar-refractivity contribution in [3.63, 3.8) is 0 Å². The van der Waals surface area contributed by atoms with Gasteiger partial charge in [0.05, 0.1) is 12.2 Å². The number of aromatic hydroxyl groups is 1. The van der Waals surface area contributed by atoms with Crippen molar-refractivity contribution in [2.24, 2.45) is 0 Å². The molecule has 1 N–H and O–H groups in total. The minimum absolute atomic E-state index is 0.256. The van der Waals surface area contributed by atoms with Crippen molar-refractivity contribution >= 4 is 10.1 Å². The molecule has 0 saturated heterocycles. The van der Waals surface area contributed by atoms with Crippen molar-refractivity contribution in [3.8, 4) is 5.75 Å². The molecule has 0 aliphatic rings. The van der Waals surface area contributed by atoms with Crippen LogP contribution in [0.25, 0.3) is 0 Å². The molecule has 0 radical (unpaired) electrons. The first-order valence-corrected chi connectivity index (χ1v) is 6.39. The number of hydrogen-bond donors (Lipinski definition) is 1. The van der Waals surface area contributed by atoms with Gasteiger partial charge in [0.25, 0.3) is 0 Å². The molecule has 102 valence electrons. The first kappa shape index (κ1) is 14.8. The maximum atomic E-state index is 12.6. The van der Waals surface area contributed by atoms with Crippen LogP contribution >= 0.6 is 0 Å². The molecular weight excluding hydrogens is 273 g/mol. The summed E-state index contributed by atoms with van der Waals surface area (Å²) in [5.74, 6) is -0.985. The zero-order chi connectivity index (χ0) is 14.0. The Balaban J connectivity index is 3.40. The first-order chi connectivity index (χ1) is 8.20. The van der Waals surface area contributed by atoms with Gasteiger partial charge in [-0.2, -0.15) is 21.6 Å². The van der Waals surface area contributed by atoms with Crippen molar-refractivity contribution < 1.29 is 30.9 Å². The van der Waals surface area contributed by atoms with Crippen LogP contribution in [0.2, 0.25) is 0 Å². The molecule has 1 aromatic rings. The van der Waals surface area contributed by atoms with Crippen molar-refractivity contribution in [2.45, 2.75) is 24.4 Å². The lowest BCUT2D eigenvalue weighted by molar-refractivity contribution is -0.140. The van der Waals surface area contributed by atoms with E-state index in [-0.39, 0.29) is 6.61 Å². The smallest absolute Gasteiger partial charge is 0.417 e. The lowest BCUT2D eigenvalue weighted by Crippen LogP contribution is -2.15. The second-order valence-corrected chi connectivity index (χ2v) is 4.98. The summed E-state index contributed by atoms with van der Waals surface area (Å²) < 4.78 is 65.5. The maximum Gasteiger partial charge on any atom is 0.417 e. The molecule has 0 unspecified atom stereocenters. The number of rotatable bonds is 4. The Morgan fingerprint density at radius 1 is 1.33 bits per heavy atom. The van der Waals surface area contributed by atoms with Gasteiger partial charge < -0.3 is 5.11 Å². The van der Waals surface area contributed by atoms with E-state index < -0.39 is 32.5 Å². The number of halogens is 3. The average molecular weight is 284 g/mol. The highest BCUT2D eigenvalue weighted by Crippen LogP contribution is 2.38. The van der Waals surface area contributed by atoms with E-state index in [0.29, 0.717) is 12.5 Å². The fraction of sp³-hybridized carbons (Fsp3) is 0.400. The lowest BCUT2D eigenvalue weighted by atomic mass is 10.2. The summed E-state index contributed by atoms with van der Waals surface area (Å²) in [7, 11) is -4.64. The lowest BCUT2D eigenvalue weighted by Gasteiger charge is -2.14. The van der Waals surface area contributed by atoms with E-state index in [9.17, 15) is 26.7 Å². The normalized spacial score (nSPS) is 12.7. The molecule has 0 atom stereocenters. The molecule has 0 aliphatic carbocycles. The Morgan fingerprint density at radius 3 is 2.44 bits per heavy atom. The highest BCUT2D eigenvalue weighted by atomic mass is 32.2. The summed E-state index contributed by atoms with van der Waals surface area (Å²) in [5, 5.41) is 9.33. The minimum atomic E-state index is -4.89. The fourth-order valence-corrected chi connectivity index (χ4v) is 2.54. The number of hydrogen-bond acceptors (Lipinski definition) is 4. The van der Waals surface area contributed by atoms with Crippen LogP contribution in [0.5, 0.6) is 5.75 Å².